The van der Waals surface area contributed by atoms with E-state index in [-0.39, 0.29) is 0 Å². The van der Waals surface area contributed by atoms with Crippen LogP contribution < -0.4 is 14.8 Å². The molecule has 0 bridgehead atoms. The van der Waals surface area contributed by atoms with Gasteiger partial charge in [0.15, 0.2) is 0 Å². The fourth-order valence-corrected chi connectivity index (χ4v) is 1.89. The Hall–Kier alpha value is -2.01. The van der Waals surface area contributed by atoms with Gasteiger partial charge in [0.2, 0.25) is 0 Å². The minimum Gasteiger partial charge on any atom is -0.497 e. The number of nitrogens with one attached hydrogen (secondary N) is 2. The maximum atomic E-state index is 5.35. The highest BCUT2D eigenvalue weighted by molar-refractivity contribution is 5.40. The highest BCUT2D eigenvalue weighted by atomic mass is 16.5. The lowest BCUT2D eigenvalue weighted by molar-refractivity contribution is 0.389. The molecule has 0 saturated heterocycles. The van der Waals surface area contributed by atoms with E-state index in [9.17, 15) is 0 Å². The molecule has 5 heteroatoms. The fourth-order valence-electron chi connectivity index (χ4n) is 1.89. The Bertz CT molecular complexity index is 537. The molecule has 2 rings (SSSR count). The number of methoxy groups -OCH3 is 2. The average Bonchev–Trinajstić information content (AvgIpc) is 2.84. The molecule has 5 nitrogen and oxygen atoms in total. The Labute approximate surface area is 113 Å². The van der Waals surface area contributed by atoms with Gasteiger partial charge in [0.1, 0.15) is 17.3 Å². The molecule has 19 heavy (non-hydrogen) atoms. The Morgan fingerprint density at radius 2 is 2.05 bits per heavy atom. The molecule has 0 amide bonds. The molecule has 1 aromatic carbocycles. The Morgan fingerprint density at radius 3 is 2.68 bits per heavy atom. The van der Waals surface area contributed by atoms with Gasteiger partial charge in [0.05, 0.1) is 14.2 Å². The van der Waals surface area contributed by atoms with Crippen LogP contribution in [0.25, 0.3) is 0 Å². The number of imidazole rings is 1. The van der Waals surface area contributed by atoms with Crippen molar-refractivity contribution in [3.8, 4) is 11.5 Å². The first-order valence-electron chi connectivity index (χ1n) is 6.15. The SMILES string of the molecule is COc1ccc(CNCc2cnc(C)[nH]2)c(OC)c1. The summed E-state index contributed by atoms with van der Waals surface area (Å²) in [7, 11) is 3.31. The number of aryl methyl sites for hydroxylation is 1. The number of hydrogen-bond donors (Lipinski definition) is 2. The minimum atomic E-state index is 0.727. The maximum Gasteiger partial charge on any atom is 0.127 e. The quantitative estimate of drug-likeness (QED) is 0.835. The smallest absolute Gasteiger partial charge is 0.127 e. The van der Waals surface area contributed by atoms with Crippen LogP contribution in [0.5, 0.6) is 11.5 Å². The molecule has 0 aliphatic heterocycles. The van der Waals surface area contributed by atoms with Crippen LogP contribution in [-0.4, -0.2) is 24.2 Å². The van der Waals surface area contributed by atoms with E-state index in [0.29, 0.717) is 0 Å². The third-order valence-corrected chi connectivity index (χ3v) is 2.88. The van der Waals surface area contributed by atoms with Crippen molar-refractivity contribution >= 4 is 0 Å². The van der Waals surface area contributed by atoms with Crippen LogP contribution in [0.3, 0.4) is 0 Å². The first kappa shape index (κ1) is 13.4. The molecule has 102 valence electrons. The molecular formula is C14H19N3O2. The van der Waals surface area contributed by atoms with E-state index in [0.717, 1.165) is 41.7 Å². The van der Waals surface area contributed by atoms with Gasteiger partial charge in [-0.1, -0.05) is 6.07 Å². The topological polar surface area (TPSA) is 59.2 Å². The van der Waals surface area contributed by atoms with Crippen molar-refractivity contribution in [2.24, 2.45) is 0 Å². The van der Waals surface area contributed by atoms with Gasteiger partial charge in [-0.15, -0.1) is 0 Å². The molecule has 0 atom stereocenters. The molecule has 0 fully saturated rings. The Morgan fingerprint density at radius 1 is 1.21 bits per heavy atom. The summed E-state index contributed by atoms with van der Waals surface area (Å²) in [6, 6.07) is 5.82. The predicted molar refractivity (Wildman–Crippen MR) is 73.4 cm³/mol. The summed E-state index contributed by atoms with van der Waals surface area (Å²) in [5.41, 5.74) is 2.17. The summed E-state index contributed by atoms with van der Waals surface area (Å²) in [6.45, 7) is 3.41. The van der Waals surface area contributed by atoms with Crippen LogP contribution >= 0.6 is 0 Å². The first-order valence-corrected chi connectivity index (χ1v) is 6.15. The van der Waals surface area contributed by atoms with E-state index in [4.69, 9.17) is 9.47 Å². The van der Waals surface area contributed by atoms with Crippen LogP contribution in [0.1, 0.15) is 17.1 Å². The number of aromatic nitrogens is 2. The summed E-state index contributed by atoms with van der Waals surface area (Å²) in [6.07, 6.45) is 1.84. The second-order valence-corrected chi connectivity index (χ2v) is 4.28. The summed E-state index contributed by atoms with van der Waals surface area (Å²) in [5, 5.41) is 3.35. The third kappa shape index (κ3) is 3.48. The molecule has 2 N–H and O–H groups in total. The van der Waals surface area contributed by atoms with E-state index in [1.54, 1.807) is 14.2 Å². The van der Waals surface area contributed by atoms with Gasteiger partial charge >= 0.3 is 0 Å². The van der Waals surface area contributed by atoms with Crippen molar-refractivity contribution in [2.45, 2.75) is 20.0 Å². The fraction of sp³-hybridized carbons (Fsp3) is 0.357. The van der Waals surface area contributed by atoms with E-state index in [1.165, 1.54) is 0 Å². The number of rotatable bonds is 6. The van der Waals surface area contributed by atoms with E-state index < -0.39 is 0 Å². The predicted octanol–water partition coefficient (Wildman–Crippen LogP) is 2.03. The van der Waals surface area contributed by atoms with Crippen LogP contribution in [0.4, 0.5) is 0 Å². The number of benzene rings is 1. The van der Waals surface area contributed by atoms with Gasteiger partial charge in [-0.05, 0) is 13.0 Å². The highest BCUT2D eigenvalue weighted by Crippen LogP contribution is 2.24. The van der Waals surface area contributed by atoms with E-state index in [2.05, 4.69) is 15.3 Å². The molecule has 0 aliphatic rings. The second-order valence-electron chi connectivity index (χ2n) is 4.28. The lowest BCUT2D eigenvalue weighted by Gasteiger charge is -2.10. The molecule has 1 heterocycles. The van der Waals surface area contributed by atoms with Crippen LogP contribution in [0, 0.1) is 6.92 Å². The summed E-state index contributed by atoms with van der Waals surface area (Å²) in [5.74, 6) is 2.55. The van der Waals surface area contributed by atoms with Gasteiger partial charge in [0.25, 0.3) is 0 Å². The van der Waals surface area contributed by atoms with Crippen molar-refractivity contribution < 1.29 is 9.47 Å². The van der Waals surface area contributed by atoms with Crippen molar-refractivity contribution in [3.63, 3.8) is 0 Å². The van der Waals surface area contributed by atoms with Crippen molar-refractivity contribution in [3.05, 3.63) is 41.5 Å². The molecule has 0 spiro atoms. The number of ether oxygens (including phenoxy) is 2. The second kappa shape index (κ2) is 6.24. The molecule has 0 saturated carbocycles. The minimum absolute atomic E-state index is 0.727. The van der Waals surface area contributed by atoms with Gasteiger partial charge in [-0.3, -0.25) is 0 Å². The third-order valence-electron chi connectivity index (χ3n) is 2.88. The Balaban J connectivity index is 1.95. The van der Waals surface area contributed by atoms with Gasteiger partial charge in [-0.25, -0.2) is 4.98 Å². The average molecular weight is 261 g/mol. The van der Waals surface area contributed by atoms with Gasteiger partial charge < -0.3 is 19.8 Å². The summed E-state index contributed by atoms with van der Waals surface area (Å²) >= 11 is 0. The van der Waals surface area contributed by atoms with Gasteiger partial charge in [0, 0.05) is 36.6 Å². The summed E-state index contributed by atoms with van der Waals surface area (Å²) in [4.78, 5) is 7.35. The zero-order valence-electron chi connectivity index (χ0n) is 11.5. The number of H-pyrrole nitrogens is 1. The maximum absolute atomic E-state index is 5.35. The highest BCUT2D eigenvalue weighted by Gasteiger charge is 2.05. The van der Waals surface area contributed by atoms with E-state index in [1.807, 2.05) is 31.3 Å². The van der Waals surface area contributed by atoms with Crippen molar-refractivity contribution in [1.82, 2.24) is 15.3 Å². The van der Waals surface area contributed by atoms with E-state index >= 15 is 0 Å². The molecule has 0 unspecified atom stereocenters. The van der Waals surface area contributed by atoms with Crippen molar-refractivity contribution in [1.29, 1.82) is 0 Å². The lowest BCUT2D eigenvalue weighted by Crippen LogP contribution is -2.13. The standard InChI is InChI=1S/C14H19N3O2/c1-10-16-9-12(17-10)8-15-7-11-4-5-13(18-2)6-14(11)19-3/h4-6,9,15H,7-8H2,1-3H3,(H,16,17). The summed E-state index contributed by atoms with van der Waals surface area (Å²) < 4.78 is 10.5. The van der Waals surface area contributed by atoms with Crippen molar-refractivity contribution in [2.75, 3.05) is 14.2 Å². The normalized spacial score (nSPS) is 10.5. The molecule has 2 aromatic rings. The first-order chi connectivity index (χ1) is 9.22. The number of hydrogen-bond acceptors (Lipinski definition) is 4. The largest absolute Gasteiger partial charge is 0.497 e. The molecule has 1 aromatic heterocycles. The monoisotopic (exact) mass is 261 g/mol. The molecular weight excluding hydrogens is 242 g/mol. The molecule has 0 aliphatic carbocycles. The lowest BCUT2D eigenvalue weighted by atomic mass is 10.2. The zero-order valence-corrected chi connectivity index (χ0v) is 11.5. The number of aromatic amines is 1. The number of nitrogens with zero attached hydrogens (tertiary/aromatic N) is 1. The molecule has 0 radical (unpaired) electrons. The van der Waals surface area contributed by atoms with Gasteiger partial charge in [-0.2, -0.15) is 0 Å². The van der Waals surface area contributed by atoms with Crippen LogP contribution in [0.15, 0.2) is 24.4 Å². The Kier molecular flexibility index (Phi) is 4.41. The van der Waals surface area contributed by atoms with Crippen LogP contribution in [0.2, 0.25) is 0 Å². The zero-order chi connectivity index (χ0) is 13.7. The van der Waals surface area contributed by atoms with Crippen LogP contribution in [-0.2, 0) is 13.1 Å².